The highest BCUT2D eigenvalue weighted by Crippen LogP contribution is 2.30. The maximum absolute atomic E-state index is 12.6. The van der Waals surface area contributed by atoms with Gasteiger partial charge in [0.25, 0.3) is 0 Å². The summed E-state index contributed by atoms with van der Waals surface area (Å²) in [5, 5.41) is 10.2. The Bertz CT molecular complexity index is 633. The van der Waals surface area contributed by atoms with Crippen molar-refractivity contribution in [1.29, 1.82) is 0 Å². The number of rotatable bonds is 2. The number of benzene rings is 1. The van der Waals surface area contributed by atoms with Crippen molar-refractivity contribution in [2.45, 2.75) is 26.0 Å². The zero-order chi connectivity index (χ0) is 14.3. The third-order valence-corrected chi connectivity index (χ3v) is 4.00. The number of carbonyl (C=O) groups is 1. The second kappa shape index (κ2) is 4.80. The number of amides is 1. The molecule has 0 radical (unpaired) electrons. The Labute approximate surface area is 118 Å². The van der Waals surface area contributed by atoms with Gasteiger partial charge in [-0.1, -0.05) is 30.3 Å². The molecule has 1 amide bonds. The third kappa shape index (κ3) is 1.93. The van der Waals surface area contributed by atoms with E-state index in [0.29, 0.717) is 12.2 Å². The summed E-state index contributed by atoms with van der Waals surface area (Å²) < 4.78 is 1.60. The number of fused-ring (bicyclic) bond motifs is 1. The molecular weight excluding hydrogens is 252 g/mol. The number of hydrogen-bond acceptors (Lipinski definition) is 2. The lowest BCUT2D eigenvalue weighted by molar-refractivity contribution is 0.0833. The zero-order valence-electron chi connectivity index (χ0n) is 11.7. The molecular formula is C16H18N2O2. The van der Waals surface area contributed by atoms with Crippen molar-refractivity contribution in [1.82, 2.24) is 9.47 Å². The summed E-state index contributed by atoms with van der Waals surface area (Å²) in [5.41, 5.74) is 2.61. The molecule has 4 heteroatoms. The Kier molecular flexibility index (Phi) is 3.10. The minimum absolute atomic E-state index is 0.0618. The first-order valence-corrected chi connectivity index (χ1v) is 6.82. The first-order valence-electron chi connectivity index (χ1n) is 6.82. The Morgan fingerprint density at radius 3 is 2.60 bits per heavy atom. The Morgan fingerprint density at radius 1 is 1.20 bits per heavy atom. The van der Waals surface area contributed by atoms with Gasteiger partial charge < -0.3 is 10.0 Å². The van der Waals surface area contributed by atoms with Gasteiger partial charge >= 0.3 is 6.03 Å². The predicted octanol–water partition coefficient (Wildman–Crippen LogP) is 2.87. The predicted molar refractivity (Wildman–Crippen MR) is 76.5 cm³/mol. The molecule has 20 heavy (non-hydrogen) atoms. The lowest BCUT2D eigenvalue weighted by atomic mass is 10.1. The topological polar surface area (TPSA) is 45.5 Å². The molecule has 2 unspecified atom stereocenters. The van der Waals surface area contributed by atoms with Crippen LogP contribution in [0.25, 0.3) is 0 Å². The van der Waals surface area contributed by atoms with Gasteiger partial charge in [0.05, 0.1) is 18.3 Å². The van der Waals surface area contributed by atoms with Gasteiger partial charge in [0.2, 0.25) is 0 Å². The summed E-state index contributed by atoms with van der Waals surface area (Å²) in [6, 6.07) is 13.4. The highest BCUT2D eigenvalue weighted by atomic mass is 16.3. The Morgan fingerprint density at radius 2 is 1.90 bits per heavy atom. The molecule has 0 saturated heterocycles. The van der Waals surface area contributed by atoms with E-state index in [0.717, 1.165) is 11.3 Å². The van der Waals surface area contributed by atoms with Crippen LogP contribution in [0.2, 0.25) is 0 Å². The largest absolute Gasteiger partial charge is 0.385 e. The molecule has 1 N–H and O–H groups in total. The molecule has 104 valence electrons. The fourth-order valence-electron chi connectivity index (χ4n) is 2.80. The van der Waals surface area contributed by atoms with E-state index in [4.69, 9.17) is 0 Å². The number of nitrogens with zero attached hydrogens (tertiary/aromatic N) is 2. The normalized spacial score (nSPS) is 19.9. The van der Waals surface area contributed by atoms with E-state index in [1.807, 2.05) is 56.3 Å². The monoisotopic (exact) mass is 270 g/mol. The standard InChI is InChI=1S/C16H18N2O2/c1-11-8-9-14-15(19)10-17(16(20)18(11)14)12(2)13-6-4-3-5-7-13/h3-9,12,15,19H,10H2,1-2H3. The molecule has 4 nitrogen and oxygen atoms in total. The molecule has 1 aromatic carbocycles. The molecule has 1 aromatic heterocycles. The van der Waals surface area contributed by atoms with Crippen LogP contribution in [-0.4, -0.2) is 27.1 Å². The summed E-state index contributed by atoms with van der Waals surface area (Å²) in [6.45, 7) is 4.20. The van der Waals surface area contributed by atoms with E-state index in [-0.39, 0.29) is 12.1 Å². The number of aryl methyl sites for hydroxylation is 1. The van der Waals surface area contributed by atoms with Crippen LogP contribution in [0.15, 0.2) is 42.5 Å². The maximum Gasteiger partial charge on any atom is 0.329 e. The van der Waals surface area contributed by atoms with Gasteiger partial charge in [-0.3, -0.25) is 4.57 Å². The molecule has 0 saturated carbocycles. The number of aliphatic hydroxyl groups excluding tert-OH is 1. The number of carbonyl (C=O) groups excluding carboxylic acids is 1. The van der Waals surface area contributed by atoms with Crippen LogP contribution in [0.3, 0.4) is 0 Å². The van der Waals surface area contributed by atoms with Crippen LogP contribution in [-0.2, 0) is 0 Å². The van der Waals surface area contributed by atoms with Gasteiger partial charge in [0.15, 0.2) is 0 Å². The van der Waals surface area contributed by atoms with E-state index in [9.17, 15) is 9.90 Å². The minimum atomic E-state index is -0.632. The summed E-state index contributed by atoms with van der Waals surface area (Å²) in [7, 11) is 0. The second-order valence-corrected chi connectivity index (χ2v) is 5.27. The van der Waals surface area contributed by atoms with E-state index < -0.39 is 6.10 Å². The van der Waals surface area contributed by atoms with E-state index >= 15 is 0 Å². The molecule has 0 bridgehead atoms. The van der Waals surface area contributed by atoms with Crippen LogP contribution >= 0.6 is 0 Å². The van der Waals surface area contributed by atoms with Crippen LogP contribution in [0.4, 0.5) is 4.79 Å². The van der Waals surface area contributed by atoms with Gasteiger partial charge in [-0.05, 0) is 31.5 Å². The first-order chi connectivity index (χ1) is 9.59. The molecule has 1 aliphatic rings. The zero-order valence-corrected chi connectivity index (χ0v) is 11.7. The van der Waals surface area contributed by atoms with Crippen molar-refractivity contribution >= 4 is 6.03 Å². The van der Waals surface area contributed by atoms with Gasteiger partial charge in [-0.15, -0.1) is 0 Å². The molecule has 0 fully saturated rings. The summed E-state index contributed by atoms with van der Waals surface area (Å²) in [4.78, 5) is 14.4. The summed E-state index contributed by atoms with van der Waals surface area (Å²) >= 11 is 0. The molecule has 2 heterocycles. The first kappa shape index (κ1) is 12.9. The highest BCUT2D eigenvalue weighted by molar-refractivity contribution is 5.80. The minimum Gasteiger partial charge on any atom is -0.385 e. The number of hydrogen-bond donors (Lipinski definition) is 1. The van der Waals surface area contributed by atoms with Gasteiger partial charge in [-0.25, -0.2) is 4.79 Å². The van der Waals surface area contributed by atoms with E-state index in [1.165, 1.54) is 0 Å². The van der Waals surface area contributed by atoms with Crippen molar-refractivity contribution in [3.8, 4) is 0 Å². The lowest BCUT2D eigenvalue weighted by Crippen LogP contribution is -2.45. The SMILES string of the molecule is Cc1ccc2n1C(=O)N(C(C)c1ccccc1)CC2O. The van der Waals surface area contributed by atoms with Crippen LogP contribution in [0.1, 0.15) is 36.0 Å². The Balaban J connectivity index is 1.97. The van der Waals surface area contributed by atoms with Crippen LogP contribution in [0.5, 0.6) is 0 Å². The van der Waals surface area contributed by atoms with Gasteiger partial charge in [0.1, 0.15) is 6.10 Å². The maximum atomic E-state index is 12.6. The summed E-state index contributed by atoms with van der Waals surface area (Å²) in [6.07, 6.45) is -0.632. The molecule has 0 aliphatic carbocycles. The fraction of sp³-hybridized carbons (Fsp3) is 0.312. The quantitative estimate of drug-likeness (QED) is 0.912. The molecule has 0 spiro atoms. The fourth-order valence-corrected chi connectivity index (χ4v) is 2.80. The molecule has 2 aromatic rings. The second-order valence-electron chi connectivity index (χ2n) is 5.27. The van der Waals surface area contributed by atoms with Crippen molar-refractivity contribution in [3.05, 3.63) is 59.4 Å². The van der Waals surface area contributed by atoms with Crippen molar-refractivity contribution in [3.63, 3.8) is 0 Å². The van der Waals surface area contributed by atoms with Crippen LogP contribution in [0, 0.1) is 6.92 Å². The number of aliphatic hydroxyl groups is 1. The van der Waals surface area contributed by atoms with Crippen molar-refractivity contribution < 1.29 is 9.90 Å². The van der Waals surface area contributed by atoms with Gasteiger partial charge in [-0.2, -0.15) is 0 Å². The average molecular weight is 270 g/mol. The van der Waals surface area contributed by atoms with E-state index in [2.05, 4.69) is 0 Å². The molecule has 2 atom stereocenters. The van der Waals surface area contributed by atoms with Crippen LogP contribution < -0.4 is 0 Å². The molecule has 1 aliphatic heterocycles. The molecule has 3 rings (SSSR count). The third-order valence-electron chi connectivity index (χ3n) is 4.00. The van der Waals surface area contributed by atoms with Crippen molar-refractivity contribution in [2.24, 2.45) is 0 Å². The Hall–Kier alpha value is -2.07. The number of aromatic nitrogens is 1. The van der Waals surface area contributed by atoms with Crippen molar-refractivity contribution in [2.75, 3.05) is 6.54 Å². The average Bonchev–Trinajstić information content (AvgIpc) is 2.86. The smallest absolute Gasteiger partial charge is 0.329 e. The van der Waals surface area contributed by atoms with Gasteiger partial charge in [0, 0.05) is 5.69 Å². The van der Waals surface area contributed by atoms with E-state index in [1.54, 1.807) is 9.47 Å². The summed E-state index contributed by atoms with van der Waals surface area (Å²) in [5.74, 6) is 0. The highest BCUT2D eigenvalue weighted by Gasteiger charge is 2.33. The number of β-amino-alcohol motifs (C(OH)–C–C–N with tert-alkyl or cyclic N) is 1. The lowest BCUT2D eigenvalue weighted by Gasteiger charge is -2.36.